The lowest BCUT2D eigenvalue weighted by Crippen LogP contribution is -2.49. The fourth-order valence-corrected chi connectivity index (χ4v) is 2.59. The summed E-state index contributed by atoms with van der Waals surface area (Å²) in [6.45, 7) is 6.23. The van der Waals surface area contributed by atoms with Crippen molar-refractivity contribution in [1.82, 2.24) is 4.90 Å². The summed E-state index contributed by atoms with van der Waals surface area (Å²) in [4.78, 5) is 2.63. The average Bonchev–Trinajstić information content (AvgIpc) is 2.31. The Morgan fingerprint density at radius 3 is 2.55 bits per heavy atom. The van der Waals surface area contributed by atoms with Gasteiger partial charge in [-0.3, -0.25) is 4.90 Å². The molecule has 1 heteroatoms. The first kappa shape index (κ1) is 7.35. The Kier molecular flexibility index (Phi) is 1.76. The Hall–Kier alpha value is -0.300. The van der Waals surface area contributed by atoms with Crippen LogP contribution in [0.2, 0.25) is 0 Å². The lowest BCUT2D eigenvalue weighted by molar-refractivity contribution is 0.0667. The standard InChI is InChI=1S/C10H17N/c1-2-8-11-9-4-7-10(11)5-3-6-10/h2H,1,3-9H2. The first-order chi connectivity index (χ1) is 5.37. The van der Waals surface area contributed by atoms with E-state index in [9.17, 15) is 0 Å². The van der Waals surface area contributed by atoms with Gasteiger partial charge >= 0.3 is 0 Å². The fraction of sp³-hybridized carbons (Fsp3) is 0.800. The quantitative estimate of drug-likeness (QED) is 0.547. The SMILES string of the molecule is C=CCN1CCCC12CCC2. The van der Waals surface area contributed by atoms with Crippen molar-refractivity contribution in [3.63, 3.8) is 0 Å². The van der Waals surface area contributed by atoms with Crippen LogP contribution < -0.4 is 0 Å². The topological polar surface area (TPSA) is 3.24 Å². The third-order valence-electron chi connectivity index (χ3n) is 3.37. The molecule has 0 aromatic carbocycles. The summed E-state index contributed by atoms with van der Waals surface area (Å²) in [5.74, 6) is 0. The molecular weight excluding hydrogens is 134 g/mol. The van der Waals surface area contributed by atoms with E-state index in [-0.39, 0.29) is 0 Å². The molecule has 1 aliphatic heterocycles. The second kappa shape index (κ2) is 2.63. The Morgan fingerprint density at radius 2 is 2.00 bits per heavy atom. The number of hydrogen-bond acceptors (Lipinski definition) is 1. The van der Waals surface area contributed by atoms with E-state index in [1.807, 2.05) is 6.08 Å². The van der Waals surface area contributed by atoms with Gasteiger partial charge in [-0.2, -0.15) is 0 Å². The summed E-state index contributed by atoms with van der Waals surface area (Å²) >= 11 is 0. The molecule has 0 atom stereocenters. The second-order valence-electron chi connectivity index (χ2n) is 3.92. The summed E-state index contributed by atoms with van der Waals surface area (Å²) in [7, 11) is 0. The van der Waals surface area contributed by atoms with E-state index in [0.717, 1.165) is 6.54 Å². The third-order valence-corrected chi connectivity index (χ3v) is 3.37. The van der Waals surface area contributed by atoms with E-state index < -0.39 is 0 Å². The predicted octanol–water partition coefficient (Wildman–Crippen LogP) is 2.19. The van der Waals surface area contributed by atoms with Crippen molar-refractivity contribution >= 4 is 0 Å². The molecular formula is C10H17N. The van der Waals surface area contributed by atoms with Crippen molar-refractivity contribution in [3.05, 3.63) is 12.7 Å². The van der Waals surface area contributed by atoms with Gasteiger partial charge in [0.05, 0.1) is 0 Å². The highest BCUT2D eigenvalue weighted by molar-refractivity contribution is 5.03. The van der Waals surface area contributed by atoms with Gasteiger partial charge in [0.15, 0.2) is 0 Å². The Balaban J connectivity index is 2.01. The van der Waals surface area contributed by atoms with Gasteiger partial charge in [0.25, 0.3) is 0 Å². The molecule has 11 heavy (non-hydrogen) atoms. The minimum Gasteiger partial charge on any atom is -0.294 e. The zero-order valence-electron chi connectivity index (χ0n) is 7.18. The van der Waals surface area contributed by atoms with Crippen LogP contribution in [0.4, 0.5) is 0 Å². The molecule has 2 fully saturated rings. The van der Waals surface area contributed by atoms with Crippen molar-refractivity contribution in [2.45, 2.75) is 37.6 Å². The molecule has 0 bridgehead atoms. The molecule has 62 valence electrons. The van der Waals surface area contributed by atoms with E-state index in [4.69, 9.17) is 0 Å². The number of likely N-dealkylation sites (tertiary alicyclic amines) is 1. The van der Waals surface area contributed by atoms with Crippen molar-refractivity contribution < 1.29 is 0 Å². The minimum atomic E-state index is 0.647. The lowest BCUT2D eigenvalue weighted by Gasteiger charge is -2.45. The molecule has 0 aromatic rings. The number of nitrogens with zero attached hydrogens (tertiary/aromatic N) is 1. The van der Waals surface area contributed by atoms with Crippen LogP contribution in [0, 0.1) is 0 Å². The van der Waals surface area contributed by atoms with Gasteiger partial charge < -0.3 is 0 Å². The monoisotopic (exact) mass is 151 g/mol. The molecule has 0 aromatic heterocycles. The minimum absolute atomic E-state index is 0.647. The van der Waals surface area contributed by atoms with Gasteiger partial charge in [0.1, 0.15) is 0 Å². The molecule has 1 aliphatic carbocycles. The maximum Gasteiger partial charge on any atom is 0.0213 e. The molecule has 1 nitrogen and oxygen atoms in total. The van der Waals surface area contributed by atoms with Crippen molar-refractivity contribution in [2.24, 2.45) is 0 Å². The van der Waals surface area contributed by atoms with Crippen LogP contribution in [0.15, 0.2) is 12.7 Å². The molecule has 1 spiro atoms. The Bertz CT molecular complexity index is 158. The molecule has 1 heterocycles. The summed E-state index contributed by atoms with van der Waals surface area (Å²) in [6.07, 6.45) is 9.25. The van der Waals surface area contributed by atoms with E-state index in [0.29, 0.717) is 5.54 Å². The molecule has 1 saturated heterocycles. The zero-order valence-corrected chi connectivity index (χ0v) is 7.18. The molecule has 0 N–H and O–H groups in total. The summed E-state index contributed by atoms with van der Waals surface area (Å²) < 4.78 is 0. The smallest absolute Gasteiger partial charge is 0.0213 e. The number of rotatable bonds is 2. The van der Waals surface area contributed by atoms with Gasteiger partial charge in [-0.1, -0.05) is 6.08 Å². The van der Waals surface area contributed by atoms with Crippen LogP contribution in [0.5, 0.6) is 0 Å². The van der Waals surface area contributed by atoms with Crippen LogP contribution in [0.25, 0.3) is 0 Å². The molecule has 2 aliphatic rings. The molecule has 1 saturated carbocycles. The van der Waals surface area contributed by atoms with E-state index >= 15 is 0 Å². The first-order valence-corrected chi connectivity index (χ1v) is 4.73. The van der Waals surface area contributed by atoms with Gasteiger partial charge in [0.2, 0.25) is 0 Å². The maximum atomic E-state index is 3.81. The van der Waals surface area contributed by atoms with E-state index in [1.165, 1.54) is 38.6 Å². The first-order valence-electron chi connectivity index (χ1n) is 4.73. The lowest BCUT2D eigenvalue weighted by atomic mass is 9.75. The largest absolute Gasteiger partial charge is 0.294 e. The Labute approximate surface area is 69.1 Å². The molecule has 0 unspecified atom stereocenters. The summed E-state index contributed by atoms with van der Waals surface area (Å²) in [6, 6.07) is 0. The third kappa shape index (κ3) is 1.02. The van der Waals surface area contributed by atoms with E-state index in [1.54, 1.807) is 0 Å². The van der Waals surface area contributed by atoms with Crippen molar-refractivity contribution in [2.75, 3.05) is 13.1 Å². The Morgan fingerprint density at radius 1 is 1.27 bits per heavy atom. The van der Waals surface area contributed by atoms with Crippen LogP contribution in [0.1, 0.15) is 32.1 Å². The van der Waals surface area contributed by atoms with Gasteiger partial charge in [-0.05, 0) is 38.6 Å². The van der Waals surface area contributed by atoms with E-state index in [2.05, 4.69) is 11.5 Å². The highest BCUT2D eigenvalue weighted by Crippen LogP contribution is 2.45. The highest BCUT2D eigenvalue weighted by Gasteiger charge is 2.44. The second-order valence-corrected chi connectivity index (χ2v) is 3.92. The summed E-state index contributed by atoms with van der Waals surface area (Å²) in [5.41, 5.74) is 0.647. The predicted molar refractivity (Wildman–Crippen MR) is 47.6 cm³/mol. The van der Waals surface area contributed by atoms with Crippen LogP contribution in [-0.2, 0) is 0 Å². The normalized spacial score (nSPS) is 28.7. The zero-order chi connectivity index (χ0) is 7.73. The number of hydrogen-bond donors (Lipinski definition) is 0. The van der Waals surface area contributed by atoms with Crippen LogP contribution in [-0.4, -0.2) is 23.5 Å². The van der Waals surface area contributed by atoms with Crippen LogP contribution in [0.3, 0.4) is 0 Å². The fourth-order valence-electron chi connectivity index (χ4n) is 2.59. The van der Waals surface area contributed by atoms with Gasteiger partial charge in [-0.25, -0.2) is 0 Å². The van der Waals surface area contributed by atoms with Gasteiger partial charge in [-0.15, -0.1) is 6.58 Å². The van der Waals surface area contributed by atoms with Crippen molar-refractivity contribution in [3.8, 4) is 0 Å². The van der Waals surface area contributed by atoms with Crippen LogP contribution >= 0.6 is 0 Å². The maximum absolute atomic E-state index is 3.81. The van der Waals surface area contributed by atoms with Crippen molar-refractivity contribution in [1.29, 1.82) is 0 Å². The molecule has 0 radical (unpaired) electrons. The molecule has 0 amide bonds. The molecule has 2 rings (SSSR count). The van der Waals surface area contributed by atoms with Gasteiger partial charge in [0, 0.05) is 12.1 Å². The average molecular weight is 151 g/mol. The highest BCUT2D eigenvalue weighted by atomic mass is 15.2. The summed E-state index contributed by atoms with van der Waals surface area (Å²) in [5, 5.41) is 0.